The number of rotatable bonds is 2. The summed E-state index contributed by atoms with van der Waals surface area (Å²) in [7, 11) is 0. The van der Waals surface area contributed by atoms with Gasteiger partial charge in [-0.25, -0.2) is 0 Å². The van der Waals surface area contributed by atoms with E-state index in [4.69, 9.17) is 4.74 Å². The zero-order valence-electron chi connectivity index (χ0n) is 10.2. The molecular formula is C12H18N2O2S2. The topological polar surface area (TPSA) is 55.2 Å². The first-order valence-corrected chi connectivity index (χ1v) is 8.35. The van der Waals surface area contributed by atoms with Crippen LogP contribution < -0.4 is 0 Å². The van der Waals surface area contributed by atoms with E-state index in [9.17, 15) is 5.11 Å². The highest BCUT2D eigenvalue weighted by atomic mass is 32.2. The Morgan fingerprint density at radius 2 is 2.28 bits per heavy atom. The van der Waals surface area contributed by atoms with Crippen LogP contribution in [0.15, 0.2) is 6.20 Å². The summed E-state index contributed by atoms with van der Waals surface area (Å²) in [6, 6.07) is 0. The average Bonchev–Trinajstić information content (AvgIpc) is 2.93. The molecule has 3 heterocycles. The molecule has 4 nitrogen and oxygen atoms in total. The molecule has 2 aliphatic rings. The number of aliphatic hydroxyl groups excluding tert-OH is 1. The van der Waals surface area contributed by atoms with E-state index in [1.165, 1.54) is 11.5 Å². The van der Waals surface area contributed by atoms with E-state index in [2.05, 4.69) is 8.75 Å². The van der Waals surface area contributed by atoms with Crippen molar-refractivity contribution in [3.05, 3.63) is 11.9 Å². The molecule has 0 saturated carbocycles. The van der Waals surface area contributed by atoms with Crippen LogP contribution in [0.1, 0.15) is 37.5 Å². The van der Waals surface area contributed by atoms with E-state index < -0.39 is 6.10 Å². The lowest BCUT2D eigenvalue weighted by molar-refractivity contribution is -0.121. The molecule has 2 unspecified atom stereocenters. The molecule has 2 fully saturated rings. The molecule has 1 aromatic rings. The smallest absolute Gasteiger partial charge is 0.103 e. The zero-order chi connectivity index (χ0) is 12.4. The number of aliphatic hydroxyl groups is 1. The molecule has 6 heteroatoms. The summed E-state index contributed by atoms with van der Waals surface area (Å²) in [6.45, 7) is 0.768. The number of aromatic nitrogens is 2. The second-order valence-electron chi connectivity index (χ2n) is 5.17. The first kappa shape index (κ1) is 12.8. The predicted molar refractivity (Wildman–Crippen MR) is 72.8 cm³/mol. The van der Waals surface area contributed by atoms with Crippen LogP contribution in [0, 0.1) is 5.92 Å². The van der Waals surface area contributed by atoms with E-state index in [1.807, 2.05) is 11.8 Å². The third kappa shape index (κ3) is 2.57. The molecule has 0 bridgehead atoms. The van der Waals surface area contributed by atoms with Crippen molar-refractivity contribution in [3.8, 4) is 0 Å². The van der Waals surface area contributed by atoms with Crippen molar-refractivity contribution in [1.29, 1.82) is 0 Å². The molecular weight excluding hydrogens is 268 g/mol. The summed E-state index contributed by atoms with van der Waals surface area (Å²) in [5.41, 5.74) is 0.755. The lowest BCUT2D eigenvalue weighted by atomic mass is 9.79. The monoisotopic (exact) mass is 286 g/mol. The van der Waals surface area contributed by atoms with Crippen LogP contribution in [0.4, 0.5) is 0 Å². The van der Waals surface area contributed by atoms with Gasteiger partial charge >= 0.3 is 0 Å². The molecule has 0 radical (unpaired) electrons. The average molecular weight is 286 g/mol. The van der Waals surface area contributed by atoms with Gasteiger partial charge in [0.05, 0.1) is 23.5 Å². The fourth-order valence-corrected chi connectivity index (χ4v) is 4.66. The Balaban J connectivity index is 1.70. The Kier molecular flexibility index (Phi) is 3.89. The van der Waals surface area contributed by atoms with E-state index >= 15 is 0 Å². The highest BCUT2D eigenvalue weighted by molar-refractivity contribution is 7.99. The van der Waals surface area contributed by atoms with Crippen molar-refractivity contribution in [2.24, 2.45) is 5.92 Å². The molecule has 1 N–H and O–H groups in total. The maximum absolute atomic E-state index is 10.4. The standard InChI is InChI=1S/C12H18N2O2S2/c15-11(10-8-13-18-14-10)9-1-4-16-12(7-9)2-5-17-6-3-12/h8-9,11,15H,1-7H2. The van der Waals surface area contributed by atoms with Crippen LogP contribution in [0.2, 0.25) is 0 Å². The number of hydrogen-bond acceptors (Lipinski definition) is 6. The Morgan fingerprint density at radius 3 is 3.00 bits per heavy atom. The number of nitrogens with zero attached hydrogens (tertiary/aromatic N) is 2. The van der Waals surface area contributed by atoms with Gasteiger partial charge in [-0.2, -0.15) is 20.5 Å². The maximum Gasteiger partial charge on any atom is 0.103 e. The lowest BCUT2D eigenvalue weighted by Crippen LogP contribution is -2.44. The van der Waals surface area contributed by atoms with E-state index in [0.29, 0.717) is 0 Å². The van der Waals surface area contributed by atoms with Crippen molar-refractivity contribution in [1.82, 2.24) is 8.75 Å². The minimum Gasteiger partial charge on any atom is -0.386 e. The third-order valence-corrected chi connectivity index (χ3v) is 5.54. The molecule has 1 aromatic heterocycles. The molecule has 100 valence electrons. The van der Waals surface area contributed by atoms with Crippen LogP contribution in [0.25, 0.3) is 0 Å². The molecule has 0 aliphatic carbocycles. The van der Waals surface area contributed by atoms with Crippen LogP contribution in [0.3, 0.4) is 0 Å². The second-order valence-corrected chi connectivity index (χ2v) is 6.96. The van der Waals surface area contributed by atoms with E-state index in [-0.39, 0.29) is 11.5 Å². The van der Waals surface area contributed by atoms with Gasteiger partial charge in [-0.1, -0.05) is 0 Å². The predicted octanol–water partition coefficient (Wildman–Crippen LogP) is 2.26. The van der Waals surface area contributed by atoms with Gasteiger partial charge in [0.15, 0.2) is 0 Å². The fourth-order valence-electron chi connectivity index (χ4n) is 2.97. The van der Waals surface area contributed by atoms with E-state index in [1.54, 1.807) is 6.20 Å². The highest BCUT2D eigenvalue weighted by Gasteiger charge is 2.41. The van der Waals surface area contributed by atoms with Crippen molar-refractivity contribution in [3.63, 3.8) is 0 Å². The third-order valence-electron chi connectivity index (χ3n) is 4.06. The van der Waals surface area contributed by atoms with Crippen molar-refractivity contribution >= 4 is 23.5 Å². The zero-order valence-corrected chi connectivity index (χ0v) is 11.9. The van der Waals surface area contributed by atoms with Gasteiger partial charge in [-0.3, -0.25) is 0 Å². The molecule has 3 rings (SSSR count). The summed E-state index contributed by atoms with van der Waals surface area (Å²) in [4.78, 5) is 0. The molecule has 2 aliphatic heterocycles. The molecule has 18 heavy (non-hydrogen) atoms. The van der Waals surface area contributed by atoms with Crippen molar-refractivity contribution in [2.75, 3.05) is 18.1 Å². The maximum atomic E-state index is 10.4. The van der Waals surface area contributed by atoms with E-state index in [0.717, 1.165) is 49.7 Å². The lowest BCUT2D eigenvalue weighted by Gasteiger charge is -2.44. The minimum absolute atomic E-state index is 0.0264. The number of thioether (sulfide) groups is 1. The quantitative estimate of drug-likeness (QED) is 0.904. The molecule has 0 amide bonds. The fraction of sp³-hybridized carbons (Fsp3) is 0.833. The largest absolute Gasteiger partial charge is 0.386 e. The van der Waals surface area contributed by atoms with Crippen LogP contribution in [0.5, 0.6) is 0 Å². The number of hydrogen-bond donors (Lipinski definition) is 1. The van der Waals surface area contributed by atoms with Crippen LogP contribution in [-0.2, 0) is 4.74 Å². The van der Waals surface area contributed by atoms with Crippen molar-refractivity contribution in [2.45, 2.75) is 37.4 Å². The normalized spacial score (nSPS) is 29.3. The Morgan fingerprint density at radius 1 is 1.44 bits per heavy atom. The summed E-state index contributed by atoms with van der Waals surface area (Å²) in [5.74, 6) is 2.63. The highest BCUT2D eigenvalue weighted by Crippen LogP contribution is 2.43. The molecule has 1 spiro atoms. The Hall–Kier alpha value is -0.170. The van der Waals surface area contributed by atoms with Crippen LogP contribution >= 0.6 is 23.5 Å². The van der Waals surface area contributed by atoms with Crippen molar-refractivity contribution < 1.29 is 9.84 Å². The SMILES string of the molecule is OC(c1cnsn1)C1CCOC2(CCSCC2)C1. The number of ether oxygens (including phenoxy) is 1. The van der Waals surface area contributed by atoms with Gasteiger partial charge in [0.25, 0.3) is 0 Å². The first-order chi connectivity index (χ1) is 8.79. The van der Waals surface area contributed by atoms with Crippen LogP contribution in [-0.4, -0.2) is 37.6 Å². The van der Waals surface area contributed by atoms with Gasteiger partial charge in [0, 0.05) is 6.61 Å². The first-order valence-electron chi connectivity index (χ1n) is 6.46. The van der Waals surface area contributed by atoms with Gasteiger partial charge in [-0.05, 0) is 43.1 Å². The molecule has 2 saturated heterocycles. The summed E-state index contributed by atoms with van der Waals surface area (Å²) in [5, 5.41) is 10.4. The van der Waals surface area contributed by atoms with Gasteiger partial charge in [0.1, 0.15) is 11.8 Å². The van der Waals surface area contributed by atoms with Gasteiger partial charge in [0.2, 0.25) is 0 Å². The Bertz CT molecular complexity index is 374. The summed E-state index contributed by atoms with van der Waals surface area (Å²) >= 11 is 3.17. The van der Waals surface area contributed by atoms with Gasteiger partial charge < -0.3 is 9.84 Å². The summed E-state index contributed by atoms with van der Waals surface area (Å²) < 4.78 is 14.2. The summed E-state index contributed by atoms with van der Waals surface area (Å²) in [6.07, 6.45) is 5.35. The second kappa shape index (κ2) is 5.45. The van der Waals surface area contributed by atoms with Gasteiger partial charge in [-0.15, -0.1) is 0 Å². The Labute approximate surface area is 115 Å². The molecule has 0 aromatic carbocycles. The molecule has 2 atom stereocenters. The minimum atomic E-state index is -0.473.